The third-order valence-corrected chi connectivity index (χ3v) is 2.22. The molecule has 1 unspecified atom stereocenters. The molecule has 1 rings (SSSR count). The molecule has 1 atom stereocenters. The summed E-state index contributed by atoms with van der Waals surface area (Å²) in [5, 5.41) is 2.15. The van der Waals surface area contributed by atoms with Crippen molar-refractivity contribution in [2.24, 2.45) is 0 Å². The van der Waals surface area contributed by atoms with Crippen molar-refractivity contribution in [3.05, 3.63) is 35.9 Å². The lowest BCUT2D eigenvalue weighted by Crippen LogP contribution is -2.40. The van der Waals surface area contributed by atoms with Gasteiger partial charge in [0.15, 0.2) is 0 Å². The molecule has 1 N–H and O–H groups in total. The average Bonchev–Trinajstić information content (AvgIpc) is 2.24. The third kappa shape index (κ3) is 5.16. The summed E-state index contributed by atoms with van der Waals surface area (Å²) in [6.07, 6.45) is -6.18. The zero-order valence-electron chi connectivity index (χ0n) is 9.72. The first kappa shape index (κ1) is 14.5. The molecule has 1 amide bonds. The van der Waals surface area contributed by atoms with E-state index in [4.69, 9.17) is 0 Å². The van der Waals surface area contributed by atoms with Crippen molar-refractivity contribution in [2.75, 3.05) is 6.54 Å². The summed E-state index contributed by atoms with van der Waals surface area (Å²) in [5.41, 5.74) is -2.23. The molecule has 0 saturated heterocycles. The van der Waals surface area contributed by atoms with E-state index in [1.165, 1.54) is 12.1 Å². The van der Waals surface area contributed by atoms with E-state index in [1.807, 2.05) is 0 Å². The minimum atomic E-state index is -4.60. The molecule has 0 aromatic heterocycles. The molecule has 0 aliphatic heterocycles. The summed E-state index contributed by atoms with van der Waals surface area (Å²) in [6.45, 7) is 0.131. The average molecular weight is 263 g/mol. The summed E-state index contributed by atoms with van der Waals surface area (Å²) in [5.74, 6) is -0.596. The minimum Gasteiger partial charge on any atom is -0.349 e. The maximum Gasteiger partial charge on any atom is 0.392 e. The second-order valence-corrected chi connectivity index (χ2v) is 4.25. The Hall–Kier alpha value is -1.59. The second kappa shape index (κ2) is 5.37. The van der Waals surface area contributed by atoms with Gasteiger partial charge >= 0.3 is 6.18 Å². The van der Waals surface area contributed by atoms with Crippen LogP contribution < -0.4 is 5.32 Å². The fourth-order valence-corrected chi connectivity index (χ4v) is 1.44. The van der Waals surface area contributed by atoms with Gasteiger partial charge in [-0.1, -0.05) is 18.2 Å². The molecule has 6 heteroatoms. The van der Waals surface area contributed by atoms with Crippen molar-refractivity contribution in [1.82, 2.24) is 5.32 Å². The van der Waals surface area contributed by atoms with Crippen LogP contribution in [0.2, 0.25) is 0 Å². The maximum absolute atomic E-state index is 13.5. The van der Waals surface area contributed by atoms with Crippen LogP contribution in [0.3, 0.4) is 0 Å². The second-order valence-electron chi connectivity index (χ2n) is 4.25. The van der Waals surface area contributed by atoms with Crippen molar-refractivity contribution in [3.8, 4) is 0 Å². The molecule has 1 aromatic rings. The number of benzene rings is 1. The van der Waals surface area contributed by atoms with E-state index in [2.05, 4.69) is 5.32 Å². The molecule has 1 aromatic carbocycles. The SMILES string of the molecule is CC(F)(CNC(=O)c1ccccc1)CC(F)(F)F. The van der Waals surface area contributed by atoms with Gasteiger partial charge in [0.05, 0.1) is 13.0 Å². The molecule has 0 bridgehead atoms. The topological polar surface area (TPSA) is 29.1 Å². The van der Waals surface area contributed by atoms with Crippen LogP contribution in [0.25, 0.3) is 0 Å². The molecule has 18 heavy (non-hydrogen) atoms. The third-order valence-electron chi connectivity index (χ3n) is 2.22. The van der Waals surface area contributed by atoms with E-state index in [1.54, 1.807) is 18.2 Å². The van der Waals surface area contributed by atoms with Crippen LogP contribution in [0.5, 0.6) is 0 Å². The van der Waals surface area contributed by atoms with Gasteiger partial charge in [0.1, 0.15) is 5.67 Å². The number of carbonyl (C=O) groups excluding carboxylic acids is 1. The highest BCUT2D eigenvalue weighted by molar-refractivity contribution is 5.94. The Morgan fingerprint density at radius 3 is 2.22 bits per heavy atom. The predicted octanol–water partition coefficient (Wildman–Crippen LogP) is 3.10. The highest BCUT2D eigenvalue weighted by Gasteiger charge is 2.39. The van der Waals surface area contributed by atoms with Gasteiger partial charge in [0.2, 0.25) is 0 Å². The largest absolute Gasteiger partial charge is 0.392 e. The van der Waals surface area contributed by atoms with Crippen LogP contribution in [0.15, 0.2) is 30.3 Å². The van der Waals surface area contributed by atoms with E-state index in [0.29, 0.717) is 0 Å². The van der Waals surface area contributed by atoms with Gasteiger partial charge in [-0.15, -0.1) is 0 Å². The zero-order valence-corrected chi connectivity index (χ0v) is 9.72. The van der Waals surface area contributed by atoms with Crippen LogP contribution in [-0.2, 0) is 0 Å². The van der Waals surface area contributed by atoms with Crippen molar-refractivity contribution in [1.29, 1.82) is 0 Å². The Morgan fingerprint density at radius 1 is 1.17 bits per heavy atom. The molecular weight excluding hydrogens is 250 g/mol. The van der Waals surface area contributed by atoms with E-state index in [9.17, 15) is 22.4 Å². The molecule has 100 valence electrons. The Bertz CT molecular complexity index is 400. The van der Waals surface area contributed by atoms with E-state index in [-0.39, 0.29) is 5.56 Å². The molecule has 2 nitrogen and oxygen atoms in total. The number of hydrogen-bond acceptors (Lipinski definition) is 1. The summed E-state index contributed by atoms with van der Waals surface area (Å²) in [4.78, 5) is 11.5. The summed E-state index contributed by atoms with van der Waals surface area (Å²) >= 11 is 0. The summed E-state index contributed by atoms with van der Waals surface area (Å²) in [7, 11) is 0. The normalized spacial score (nSPS) is 14.9. The van der Waals surface area contributed by atoms with Gasteiger partial charge in [-0.3, -0.25) is 4.79 Å². The number of halogens is 4. The summed E-state index contributed by atoms with van der Waals surface area (Å²) in [6, 6.07) is 7.90. The Balaban J connectivity index is 2.53. The smallest absolute Gasteiger partial charge is 0.349 e. The van der Waals surface area contributed by atoms with Crippen LogP contribution in [0.1, 0.15) is 23.7 Å². The van der Waals surface area contributed by atoms with Gasteiger partial charge in [-0.2, -0.15) is 13.2 Å². The Kier molecular flexibility index (Phi) is 4.32. The van der Waals surface area contributed by atoms with Crippen LogP contribution >= 0.6 is 0 Å². The maximum atomic E-state index is 13.5. The molecule has 0 fully saturated rings. The first-order valence-corrected chi connectivity index (χ1v) is 5.28. The molecular formula is C12H13F4NO. The molecule has 0 aliphatic carbocycles. The number of amides is 1. The standard InChI is InChI=1S/C12H13F4NO/c1-11(13,7-12(14,15)16)8-17-10(18)9-5-3-2-4-6-9/h2-6H,7-8H2,1H3,(H,17,18). The lowest BCUT2D eigenvalue weighted by Gasteiger charge is -2.22. The molecule has 0 saturated carbocycles. The van der Waals surface area contributed by atoms with Gasteiger partial charge in [-0.25, -0.2) is 4.39 Å². The van der Waals surface area contributed by atoms with Crippen molar-refractivity contribution in [3.63, 3.8) is 0 Å². The Labute approximate surface area is 102 Å². The quantitative estimate of drug-likeness (QED) is 0.831. The monoisotopic (exact) mass is 263 g/mol. The van der Waals surface area contributed by atoms with Crippen LogP contribution in [0.4, 0.5) is 17.6 Å². The molecule has 0 spiro atoms. The fraction of sp³-hybridized carbons (Fsp3) is 0.417. The fourth-order valence-electron chi connectivity index (χ4n) is 1.44. The minimum absolute atomic E-state index is 0.278. The number of carbonyl (C=O) groups is 1. The van der Waals surface area contributed by atoms with Crippen molar-refractivity contribution < 1.29 is 22.4 Å². The Morgan fingerprint density at radius 2 is 1.72 bits per heavy atom. The van der Waals surface area contributed by atoms with E-state index in [0.717, 1.165) is 6.92 Å². The lowest BCUT2D eigenvalue weighted by molar-refractivity contribution is -0.158. The number of alkyl halides is 4. The zero-order chi connectivity index (χ0) is 13.8. The highest BCUT2D eigenvalue weighted by Crippen LogP contribution is 2.29. The summed E-state index contributed by atoms with van der Waals surface area (Å²) < 4.78 is 49.7. The van der Waals surface area contributed by atoms with Crippen LogP contribution in [0, 0.1) is 0 Å². The molecule has 0 radical (unpaired) electrons. The molecule has 0 aliphatic rings. The predicted molar refractivity (Wildman–Crippen MR) is 59.0 cm³/mol. The number of rotatable bonds is 4. The highest BCUT2D eigenvalue weighted by atomic mass is 19.4. The van der Waals surface area contributed by atoms with Gasteiger partial charge < -0.3 is 5.32 Å². The van der Waals surface area contributed by atoms with Gasteiger partial charge in [0, 0.05) is 5.56 Å². The van der Waals surface area contributed by atoms with E-state index < -0.39 is 30.7 Å². The lowest BCUT2D eigenvalue weighted by atomic mass is 10.0. The van der Waals surface area contributed by atoms with Crippen LogP contribution in [-0.4, -0.2) is 24.3 Å². The van der Waals surface area contributed by atoms with Crippen molar-refractivity contribution in [2.45, 2.75) is 25.2 Å². The molecule has 0 heterocycles. The van der Waals surface area contributed by atoms with Crippen molar-refractivity contribution >= 4 is 5.91 Å². The van der Waals surface area contributed by atoms with Gasteiger partial charge in [0.25, 0.3) is 5.91 Å². The van der Waals surface area contributed by atoms with Gasteiger partial charge in [-0.05, 0) is 19.1 Å². The number of nitrogens with one attached hydrogen (secondary N) is 1. The first-order valence-electron chi connectivity index (χ1n) is 5.28. The first-order chi connectivity index (χ1) is 8.20. The van der Waals surface area contributed by atoms with E-state index >= 15 is 0 Å². The number of hydrogen-bond donors (Lipinski definition) is 1.